The number of rotatable bonds is 6. The topological polar surface area (TPSA) is 76.5 Å². The zero-order chi connectivity index (χ0) is 17.4. The molecule has 2 fully saturated rings. The Balaban J connectivity index is 1.41. The van der Waals surface area contributed by atoms with Crippen molar-refractivity contribution in [3.63, 3.8) is 0 Å². The Morgan fingerprint density at radius 1 is 1.24 bits per heavy atom. The maximum Gasteiger partial charge on any atom is 0.280 e. The van der Waals surface area contributed by atoms with Gasteiger partial charge in [-0.05, 0) is 55.5 Å². The van der Waals surface area contributed by atoms with Crippen LogP contribution in [0.4, 0.5) is 0 Å². The smallest absolute Gasteiger partial charge is 0.280 e. The predicted octanol–water partition coefficient (Wildman–Crippen LogP) is 1.70. The Hall–Kier alpha value is -1.90. The van der Waals surface area contributed by atoms with Gasteiger partial charge in [0.25, 0.3) is 10.2 Å². The summed E-state index contributed by atoms with van der Waals surface area (Å²) in [5.74, 6) is 1.32. The standard InChI is InChI=1S/C17H22N4O3S/c1-24-17-6-4-15(5-7-17)20-9-8-14(19-20)11-18-25(22,23)21-12-13-2-3-16(21)10-13/h4-9,13,16,18H,2-3,10-12H2,1H3. The van der Waals surface area contributed by atoms with Crippen LogP contribution >= 0.6 is 0 Å². The van der Waals surface area contributed by atoms with Gasteiger partial charge in [0.15, 0.2) is 0 Å². The van der Waals surface area contributed by atoms with E-state index in [0.29, 0.717) is 18.2 Å². The molecule has 2 unspecified atom stereocenters. The summed E-state index contributed by atoms with van der Waals surface area (Å²) < 4.78 is 36.2. The van der Waals surface area contributed by atoms with Crippen molar-refractivity contribution in [2.75, 3.05) is 13.7 Å². The van der Waals surface area contributed by atoms with Gasteiger partial charge in [0.2, 0.25) is 0 Å². The van der Waals surface area contributed by atoms with Gasteiger partial charge in [-0.3, -0.25) is 0 Å². The molecule has 0 spiro atoms. The molecule has 4 rings (SSSR count). The normalized spacial score (nSPS) is 23.2. The first kappa shape index (κ1) is 16.6. The molecule has 25 heavy (non-hydrogen) atoms. The number of hydrogen-bond donors (Lipinski definition) is 1. The fourth-order valence-electron chi connectivity index (χ4n) is 3.76. The lowest BCUT2D eigenvalue weighted by Gasteiger charge is -2.25. The van der Waals surface area contributed by atoms with E-state index in [1.54, 1.807) is 16.1 Å². The summed E-state index contributed by atoms with van der Waals surface area (Å²) in [6, 6.07) is 9.54. The van der Waals surface area contributed by atoms with Gasteiger partial charge >= 0.3 is 0 Å². The second-order valence-corrected chi connectivity index (χ2v) is 8.39. The quantitative estimate of drug-likeness (QED) is 0.849. The van der Waals surface area contributed by atoms with Crippen LogP contribution < -0.4 is 9.46 Å². The number of nitrogens with zero attached hydrogens (tertiary/aromatic N) is 3. The van der Waals surface area contributed by atoms with E-state index in [2.05, 4.69) is 9.82 Å². The Morgan fingerprint density at radius 2 is 2.04 bits per heavy atom. The van der Waals surface area contributed by atoms with Gasteiger partial charge in [0.05, 0.1) is 25.0 Å². The van der Waals surface area contributed by atoms with Gasteiger partial charge in [0.1, 0.15) is 5.75 Å². The average Bonchev–Trinajstić information content (AvgIpc) is 3.37. The van der Waals surface area contributed by atoms with Gasteiger partial charge < -0.3 is 4.74 Å². The van der Waals surface area contributed by atoms with Gasteiger partial charge in [-0.1, -0.05) is 0 Å². The molecular formula is C17H22N4O3S. The molecule has 1 N–H and O–H groups in total. The molecule has 8 heteroatoms. The predicted molar refractivity (Wildman–Crippen MR) is 93.7 cm³/mol. The molecule has 2 aliphatic rings. The van der Waals surface area contributed by atoms with Crippen LogP contribution in [0.5, 0.6) is 5.75 Å². The van der Waals surface area contributed by atoms with Crippen molar-refractivity contribution < 1.29 is 13.2 Å². The monoisotopic (exact) mass is 362 g/mol. The molecule has 1 saturated heterocycles. The Morgan fingerprint density at radius 3 is 2.68 bits per heavy atom. The Labute approximate surface area is 147 Å². The molecule has 0 radical (unpaired) electrons. The van der Waals surface area contributed by atoms with Crippen molar-refractivity contribution in [2.24, 2.45) is 5.92 Å². The van der Waals surface area contributed by atoms with Crippen LogP contribution in [0.2, 0.25) is 0 Å². The minimum absolute atomic E-state index is 0.180. The van der Waals surface area contributed by atoms with Gasteiger partial charge in [-0.25, -0.2) is 4.68 Å². The second-order valence-electron chi connectivity index (χ2n) is 6.68. The third-order valence-corrected chi connectivity index (χ3v) is 6.66. The summed E-state index contributed by atoms with van der Waals surface area (Å²) in [5.41, 5.74) is 1.58. The van der Waals surface area contributed by atoms with E-state index in [9.17, 15) is 8.42 Å². The number of piperidine rings is 1. The maximum atomic E-state index is 12.5. The molecule has 2 atom stereocenters. The number of benzene rings is 1. The fraction of sp³-hybridized carbons (Fsp3) is 0.471. The van der Waals surface area contributed by atoms with E-state index in [0.717, 1.165) is 30.7 Å². The first-order valence-corrected chi connectivity index (χ1v) is 9.94. The highest BCUT2D eigenvalue weighted by Crippen LogP contribution is 2.38. The highest BCUT2D eigenvalue weighted by molar-refractivity contribution is 7.87. The van der Waals surface area contributed by atoms with E-state index < -0.39 is 10.2 Å². The van der Waals surface area contributed by atoms with Crippen LogP contribution in [0.3, 0.4) is 0 Å². The van der Waals surface area contributed by atoms with Crippen molar-refractivity contribution in [2.45, 2.75) is 31.8 Å². The van der Waals surface area contributed by atoms with Gasteiger partial charge in [-0.2, -0.15) is 22.5 Å². The molecule has 1 aromatic heterocycles. The Bertz CT molecular complexity index is 847. The molecule has 134 valence electrons. The van der Waals surface area contributed by atoms with Gasteiger partial charge in [0, 0.05) is 18.8 Å². The number of nitrogens with one attached hydrogen (secondary N) is 1. The molecule has 2 bridgehead atoms. The van der Waals surface area contributed by atoms with Crippen LogP contribution in [0, 0.1) is 5.92 Å². The first-order valence-electron chi connectivity index (χ1n) is 8.50. The summed E-state index contributed by atoms with van der Waals surface area (Å²) in [5, 5.41) is 4.44. The average molecular weight is 362 g/mol. The second kappa shape index (κ2) is 6.44. The molecule has 1 aliphatic carbocycles. The molecule has 1 aliphatic heterocycles. The van der Waals surface area contributed by atoms with Gasteiger partial charge in [-0.15, -0.1) is 0 Å². The lowest BCUT2D eigenvalue weighted by Crippen LogP contribution is -2.44. The lowest BCUT2D eigenvalue weighted by atomic mass is 10.1. The maximum absolute atomic E-state index is 12.5. The molecule has 2 heterocycles. The molecular weight excluding hydrogens is 340 g/mol. The summed E-state index contributed by atoms with van der Waals surface area (Å²) in [6.07, 6.45) is 4.97. The van der Waals surface area contributed by atoms with Crippen molar-refractivity contribution >= 4 is 10.2 Å². The zero-order valence-electron chi connectivity index (χ0n) is 14.1. The van der Waals surface area contributed by atoms with E-state index in [1.807, 2.05) is 36.5 Å². The van der Waals surface area contributed by atoms with Crippen molar-refractivity contribution in [1.29, 1.82) is 0 Å². The number of fused-ring (bicyclic) bond motifs is 2. The van der Waals surface area contributed by atoms with E-state index in [-0.39, 0.29) is 12.6 Å². The third kappa shape index (κ3) is 3.29. The summed E-state index contributed by atoms with van der Waals surface area (Å²) >= 11 is 0. The van der Waals surface area contributed by atoms with Crippen LogP contribution in [0.25, 0.3) is 5.69 Å². The fourth-order valence-corrected chi connectivity index (χ4v) is 5.24. The van der Waals surface area contributed by atoms with Crippen LogP contribution in [0.1, 0.15) is 25.0 Å². The largest absolute Gasteiger partial charge is 0.497 e. The van der Waals surface area contributed by atoms with Crippen LogP contribution in [0.15, 0.2) is 36.5 Å². The van der Waals surface area contributed by atoms with Crippen molar-refractivity contribution in [3.8, 4) is 11.4 Å². The van der Waals surface area contributed by atoms with Crippen molar-refractivity contribution in [1.82, 2.24) is 18.8 Å². The Kier molecular flexibility index (Phi) is 4.26. The molecule has 0 amide bonds. The minimum atomic E-state index is -3.44. The molecule has 2 aromatic rings. The lowest BCUT2D eigenvalue weighted by molar-refractivity contribution is 0.328. The van der Waals surface area contributed by atoms with Crippen molar-refractivity contribution in [3.05, 3.63) is 42.2 Å². The summed E-state index contributed by atoms with van der Waals surface area (Å²) in [4.78, 5) is 0. The van der Waals surface area contributed by atoms with Crippen LogP contribution in [-0.2, 0) is 16.8 Å². The number of ether oxygens (including phenoxy) is 1. The molecule has 7 nitrogen and oxygen atoms in total. The SMILES string of the molecule is COc1ccc(-n2ccc(CNS(=O)(=O)N3CC4CCC3C4)n2)cc1. The number of aromatic nitrogens is 2. The van der Waals surface area contributed by atoms with E-state index >= 15 is 0 Å². The summed E-state index contributed by atoms with van der Waals surface area (Å²) in [6.45, 7) is 0.847. The number of methoxy groups -OCH3 is 1. The summed E-state index contributed by atoms with van der Waals surface area (Å²) in [7, 11) is -1.81. The first-order chi connectivity index (χ1) is 12.0. The highest BCUT2D eigenvalue weighted by Gasteiger charge is 2.43. The third-order valence-electron chi connectivity index (χ3n) is 5.08. The van der Waals surface area contributed by atoms with Crippen LogP contribution in [-0.4, -0.2) is 42.2 Å². The zero-order valence-corrected chi connectivity index (χ0v) is 14.9. The molecule has 1 saturated carbocycles. The molecule has 1 aromatic carbocycles. The van der Waals surface area contributed by atoms with E-state index in [4.69, 9.17) is 4.74 Å². The number of hydrogen-bond acceptors (Lipinski definition) is 4. The minimum Gasteiger partial charge on any atom is -0.497 e. The highest BCUT2D eigenvalue weighted by atomic mass is 32.2. The van der Waals surface area contributed by atoms with E-state index in [1.165, 1.54) is 0 Å².